The molecule has 1 aromatic carbocycles. The van der Waals surface area contributed by atoms with Crippen LogP contribution in [0.4, 0.5) is 4.79 Å². The molecule has 21 heavy (non-hydrogen) atoms. The van der Waals surface area contributed by atoms with Gasteiger partial charge in [-0.25, -0.2) is 4.79 Å². The van der Waals surface area contributed by atoms with Crippen LogP contribution in [-0.2, 0) is 11.2 Å². The Balaban J connectivity index is 1.50. The Hall–Kier alpha value is -2.04. The fourth-order valence-electron chi connectivity index (χ4n) is 3.23. The fourth-order valence-corrected chi connectivity index (χ4v) is 3.23. The number of amides is 2. The summed E-state index contributed by atoms with van der Waals surface area (Å²) in [6, 6.07) is 8.15. The summed E-state index contributed by atoms with van der Waals surface area (Å²) in [5.74, 6) is -0.834. The Bertz CT molecular complexity index is 558. The van der Waals surface area contributed by atoms with Gasteiger partial charge in [0, 0.05) is 25.6 Å². The summed E-state index contributed by atoms with van der Waals surface area (Å²) < 4.78 is 0. The van der Waals surface area contributed by atoms with Crippen molar-refractivity contribution in [3.63, 3.8) is 0 Å². The molecule has 1 unspecified atom stereocenters. The molecule has 1 aliphatic carbocycles. The number of rotatable bonds is 3. The van der Waals surface area contributed by atoms with Gasteiger partial charge < -0.3 is 15.3 Å². The van der Waals surface area contributed by atoms with Crippen molar-refractivity contribution in [2.75, 3.05) is 19.6 Å². The zero-order chi connectivity index (χ0) is 14.8. The number of carbonyl (C=O) groups is 2. The second-order valence-corrected chi connectivity index (χ2v) is 5.91. The number of carbonyl (C=O) groups excluding carboxylic acids is 1. The van der Waals surface area contributed by atoms with E-state index in [1.165, 1.54) is 11.1 Å². The van der Waals surface area contributed by atoms with E-state index in [4.69, 9.17) is 5.11 Å². The second-order valence-electron chi connectivity index (χ2n) is 5.91. The lowest BCUT2D eigenvalue weighted by Gasteiger charge is -2.33. The maximum Gasteiger partial charge on any atom is 0.317 e. The van der Waals surface area contributed by atoms with E-state index >= 15 is 0 Å². The molecule has 0 bridgehead atoms. The number of fused-ring (bicyclic) bond motifs is 1. The topological polar surface area (TPSA) is 69.6 Å². The van der Waals surface area contributed by atoms with Crippen LogP contribution in [0.15, 0.2) is 24.3 Å². The number of urea groups is 1. The summed E-state index contributed by atoms with van der Waals surface area (Å²) in [6.45, 7) is 1.60. The highest BCUT2D eigenvalue weighted by molar-refractivity contribution is 5.76. The molecule has 1 fully saturated rings. The molecule has 112 valence electrons. The van der Waals surface area contributed by atoms with E-state index in [9.17, 15) is 9.59 Å². The molecule has 1 saturated heterocycles. The zero-order valence-corrected chi connectivity index (χ0v) is 11.9. The molecule has 5 heteroatoms. The Morgan fingerprint density at radius 2 is 2.14 bits per heavy atom. The van der Waals surface area contributed by atoms with Gasteiger partial charge in [-0.3, -0.25) is 4.79 Å². The predicted octanol–water partition coefficient (Wildman–Crippen LogP) is 1.83. The third-order valence-electron chi connectivity index (χ3n) is 4.52. The van der Waals surface area contributed by atoms with Crippen LogP contribution >= 0.6 is 0 Å². The molecule has 0 spiro atoms. The van der Waals surface area contributed by atoms with Gasteiger partial charge in [-0.1, -0.05) is 24.3 Å². The standard InChI is InChI=1S/C16H20N2O3/c19-15(20)12-5-3-7-18(10-12)16(21)17-9-13-8-11-4-1-2-6-14(11)13/h1-2,4,6,12-13H,3,5,7-10H2,(H,17,21)(H,19,20)/t12-,13?/m0/s1. The van der Waals surface area contributed by atoms with Crippen molar-refractivity contribution < 1.29 is 14.7 Å². The van der Waals surface area contributed by atoms with Crippen LogP contribution in [0.3, 0.4) is 0 Å². The highest BCUT2D eigenvalue weighted by Gasteiger charge is 2.30. The van der Waals surface area contributed by atoms with Crippen LogP contribution in [0.25, 0.3) is 0 Å². The van der Waals surface area contributed by atoms with E-state index in [1.54, 1.807) is 4.90 Å². The first-order valence-electron chi connectivity index (χ1n) is 7.48. The predicted molar refractivity (Wildman–Crippen MR) is 78.2 cm³/mol. The van der Waals surface area contributed by atoms with Gasteiger partial charge in [0.1, 0.15) is 0 Å². The van der Waals surface area contributed by atoms with Crippen molar-refractivity contribution in [1.29, 1.82) is 0 Å². The van der Waals surface area contributed by atoms with Crippen molar-refractivity contribution in [1.82, 2.24) is 10.2 Å². The third-order valence-corrected chi connectivity index (χ3v) is 4.52. The van der Waals surface area contributed by atoms with Crippen LogP contribution in [0.1, 0.15) is 29.9 Å². The molecule has 1 aromatic rings. The molecule has 0 radical (unpaired) electrons. The molecule has 2 aliphatic rings. The summed E-state index contributed by atoms with van der Waals surface area (Å²) in [5, 5.41) is 12.0. The number of hydrogen-bond acceptors (Lipinski definition) is 2. The van der Waals surface area contributed by atoms with Crippen LogP contribution in [-0.4, -0.2) is 41.6 Å². The molecule has 2 N–H and O–H groups in total. The normalized spacial score (nSPS) is 23.9. The Labute approximate surface area is 123 Å². The molecular weight excluding hydrogens is 268 g/mol. The second kappa shape index (κ2) is 5.76. The molecule has 3 rings (SSSR count). The van der Waals surface area contributed by atoms with Crippen LogP contribution in [0, 0.1) is 5.92 Å². The number of nitrogens with zero attached hydrogens (tertiary/aromatic N) is 1. The number of nitrogens with one attached hydrogen (secondary N) is 1. The minimum absolute atomic E-state index is 0.134. The van der Waals surface area contributed by atoms with Gasteiger partial charge in [0.05, 0.1) is 5.92 Å². The van der Waals surface area contributed by atoms with Crippen molar-refractivity contribution in [2.24, 2.45) is 5.92 Å². The first kappa shape index (κ1) is 13.9. The van der Waals surface area contributed by atoms with Crippen LogP contribution < -0.4 is 5.32 Å². The van der Waals surface area contributed by atoms with Crippen molar-refractivity contribution in [2.45, 2.75) is 25.2 Å². The summed E-state index contributed by atoms with van der Waals surface area (Å²) in [5.41, 5.74) is 2.68. The van der Waals surface area contributed by atoms with E-state index in [0.717, 1.165) is 12.8 Å². The van der Waals surface area contributed by atoms with Gasteiger partial charge in [-0.15, -0.1) is 0 Å². The van der Waals surface area contributed by atoms with Gasteiger partial charge >= 0.3 is 12.0 Å². The average Bonchev–Trinajstić information content (AvgIpc) is 2.48. The minimum Gasteiger partial charge on any atom is -0.481 e. The van der Waals surface area contributed by atoms with Gasteiger partial charge in [0.2, 0.25) is 0 Å². The van der Waals surface area contributed by atoms with Gasteiger partial charge in [-0.05, 0) is 30.4 Å². The van der Waals surface area contributed by atoms with E-state index < -0.39 is 11.9 Å². The highest BCUT2D eigenvalue weighted by Crippen LogP contribution is 2.34. The van der Waals surface area contributed by atoms with E-state index in [-0.39, 0.29) is 6.03 Å². The van der Waals surface area contributed by atoms with Crippen molar-refractivity contribution in [3.8, 4) is 0 Å². The number of piperidine rings is 1. The van der Waals surface area contributed by atoms with Gasteiger partial charge in [-0.2, -0.15) is 0 Å². The number of likely N-dealkylation sites (tertiary alicyclic amines) is 1. The Kier molecular flexibility index (Phi) is 3.82. The number of hydrogen-bond donors (Lipinski definition) is 2. The van der Waals surface area contributed by atoms with Gasteiger partial charge in [0.25, 0.3) is 0 Å². The number of benzene rings is 1. The minimum atomic E-state index is -0.805. The maximum absolute atomic E-state index is 12.1. The lowest BCUT2D eigenvalue weighted by molar-refractivity contribution is -0.143. The summed E-state index contributed by atoms with van der Waals surface area (Å²) in [6.07, 6.45) is 2.43. The largest absolute Gasteiger partial charge is 0.481 e. The van der Waals surface area contributed by atoms with Crippen LogP contribution in [0.5, 0.6) is 0 Å². The quantitative estimate of drug-likeness (QED) is 0.891. The highest BCUT2D eigenvalue weighted by atomic mass is 16.4. The van der Waals surface area contributed by atoms with Gasteiger partial charge in [0.15, 0.2) is 0 Å². The molecule has 2 amide bonds. The van der Waals surface area contributed by atoms with Crippen molar-refractivity contribution in [3.05, 3.63) is 35.4 Å². The maximum atomic E-state index is 12.1. The van der Waals surface area contributed by atoms with E-state index in [0.29, 0.717) is 32.0 Å². The Morgan fingerprint density at radius 1 is 1.33 bits per heavy atom. The smallest absolute Gasteiger partial charge is 0.317 e. The SMILES string of the molecule is O=C(O)[C@H]1CCCN(C(=O)NCC2Cc3ccccc32)C1. The lowest BCUT2D eigenvalue weighted by atomic mass is 9.78. The monoisotopic (exact) mass is 288 g/mol. The first-order valence-corrected chi connectivity index (χ1v) is 7.48. The lowest BCUT2D eigenvalue weighted by Crippen LogP contribution is -2.48. The molecular formula is C16H20N2O3. The van der Waals surface area contributed by atoms with E-state index in [2.05, 4.69) is 17.4 Å². The first-order chi connectivity index (χ1) is 10.1. The molecule has 2 atom stereocenters. The number of carboxylic acid groups (broad SMARTS) is 1. The molecule has 1 heterocycles. The van der Waals surface area contributed by atoms with Crippen molar-refractivity contribution >= 4 is 12.0 Å². The third kappa shape index (κ3) is 2.86. The van der Waals surface area contributed by atoms with Crippen LogP contribution in [0.2, 0.25) is 0 Å². The Morgan fingerprint density at radius 3 is 2.90 bits per heavy atom. The summed E-state index contributed by atoms with van der Waals surface area (Å²) in [7, 11) is 0. The molecule has 0 saturated carbocycles. The average molecular weight is 288 g/mol. The fraction of sp³-hybridized carbons (Fsp3) is 0.500. The zero-order valence-electron chi connectivity index (χ0n) is 11.9. The molecule has 1 aliphatic heterocycles. The number of carboxylic acids is 1. The number of aliphatic carboxylic acids is 1. The summed E-state index contributed by atoms with van der Waals surface area (Å²) >= 11 is 0. The molecule has 0 aromatic heterocycles. The van der Waals surface area contributed by atoms with E-state index in [1.807, 2.05) is 12.1 Å². The molecule has 5 nitrogen and oxygen atoms in total. The summed E-state index contributed by atoms with van der Waals surface area (Å²) in [4.78, 5) is 24.8.